The van der Waals surface area contributed by atoms with Crippen LogP contribution in [0.5, 0.6) is 0 Å². The summed E-state index contributed by atoms with van der Waals surface area (Å²) in [5.41, 5.74) is 6.27. The number of ether oxygens (including phenoxy) is 1. The molecule has 0 amide bonds. The zero-order valence-corrected chi connectivity index (χ0v) is 9.14. The minimum absolute atomic E-state index is 0. The van der Waals surface area contributed by atoms with Gasteiger partial charge in [-0.2, -0.15) is 0 Å². The number of benzene rings is 1. The van der Waals surface area contributed by atoms with Crippen LogP contribution in [0.3, 0.4) is 0 Å². The highest BCUT2D eigenvalue weighted by Crippen LogP contribution is 2.15. The van der Waals surface area contributed by atoms with E-state index in [2.05, 4.69) is 4.74 Å². The SMILES string of the molecule is COC(=O)C(N)c1ccc(Cl)cc1.Cl. The molecule has 1 atom stereocenters. The van der Waals surface area contributed by atoms with Crippen molar-refractivity contribution < 1.29 is 9.53 Å². The van der Waals surface area contributed by atoms with Crippen LogP contribution in [0.2, 0.25) is 5.02 Å². The van der Waals surface area contributed by atoms with Gasteiger partial charge in [0.25, 0.3) is 0 Å². The normalized spacial score (nSPS) is 11.4. The van der Waals surface area contributed by atoms with Crippen molar-refractivity contribution in [1.29, 1.82) is 0 Å². The van der Waals surface area contributed by atoms with Crippen molar-refractivity contribution in [3.63, 3.8) is 0 Å². The summed E-state index contributed by atoms with van der Waals surface area (Å²) in [6.07, 6.45) is 0. The third kappa shape index (κ3) is 3.18. The molecular formula is C9H11Cl2NO2. The molecule has 5 heteroatoms. The van der Waals surface area contributed by atoms with Crippen LogP contribution in [0, 0.1) is 0 Å². The highest BCUT2D eigenvalue weighted by molar-refractivity contribution is 6.30. The number of hydrogen-bond donors (Lipinski definition) is 1. The highest BCUT2D eigenvalue weighted by atomic mass is 35.5. The van der Waals surface area contributed by atoms with Gasteiger partial charge in [0.1, 0.15) is 6.04 Å². The second-order valence-corrected chi connectivity index (χ2v) is 2.99. The first kappa shape index (κ1) is 13.2. The lowest BCUT2D eigenvalue weighted by molar-refractivity contribution is -0.142. The molecular weight excluding hydrogens is 225 g/mol. The largest absolute Gasteiger partial charge is 0.468 e. The van der Waals surface area contributed by atoms with Gasteiger partial charge in [-0.1, -0.05) is 23.7 Å². The van der Waals surface area contributed by atoms with Crippen molar-refractivity contribution in [2.75, 3.05) is 7.11 Å². The molecule has 1 rings (SSSR count). The Bertz CT molecular complexity index is 300. The Labute approximate surface area is 93.6 Å². The van der Waals surface area contributed by atoms with E-state index >= 15 is 0 Å². The summed E-state index contributed by atoms with van der Waals surface area (Å²) in [5.74, 6) is -0.456. The van der Waals surface area contributed by atoms with Crippen LogP contribution in [-0.4, -0.2) is 13.1 Å². The zero-order chi connectivity index (χ0) is 9.84. The van der Waals surface area contributed by atoms with Crippen molar-refractivity contribution in [2.24, 2.45) is 5.73 Å². The fourth-order valence-corrected chi connectivity index (χ4v) is 1.06. The second-order valence-electron chi connectivity index (χ2n) is 2.55. The molecule has 3 nitrogen and oxygen atoms in total. The Morgan fingerprint density at radius 2 is 1.93 bits per heavy atom. The van der Waals surface area contributed by atoms with Gasteiger partial charge in [-0.3, -0.25) is 4.79 Å². The first-order valence-corrected chi connectivity index (χ1v) is 4.12. The van der Waals surface area contributed by atoms with Crippen molar-refractivity contribution in [1.82, 2.24) is 0 Å². The standard InChI is InChI=1S/C9H10ClNO2.ClH/c1-13-9(12)8(11)6-2-4-7(10)5-3-6;/h2-5,8H,11H2,1H3;1H. The lowest BCUT2D eigenvalue weighted by atomic mass is 10.1. The molecule has 0 fully saturated rings. The first-order chi connectivity index (χ1) is 6.15. The van der Waals surface area contributed by atoms with Gasteiger partial charge in [0.15, 0.2) is 0 Å². The van der Waals surface area contributed by atoms with Gasteiger partial charge >= 0.3 is 5.97 Å². The predicted octanol–water partition coefficient (Wildman–Crippen LogP) is 1.93. The number of halogens is 2. The van der Waals surface area contributed by atoms with Crippen molar-refractivity contribution in [3.8, 4) is 0 Å². The fraction of sp³-hybridized carbons (Fsp3) is 0.222. The lowest BCUT2D eigenvalue weighted by Crippen LogP contribution is -2.22. The second kappa shape index (κ2) is 5.86. The molecule has 0 aromatic heterocycles. The van der Waals surface area contributed by atoms with E-state index in [1.54, 1.807) is 24.3 Å². The average Bonchev–Trinajstić information content (AvgIpc) is 2.17. The number of methoxy groups -OCH3 is 1. The van der Waals surface area contributed by atoms with Crippen molar-refractivity contribution in [2.45, 2.75) is 6.04 Å². The number of carbonyl (C=O) groups is 1. The van der Waals surface area contributed by atoms with Gasteiger partial charge in [-0.05, 0) is 17.7 Å². The summed E-state index contributed by atoms with van der Waals surface area (Å²) in [6.45, 7) is 0. The summed E-state index contributed by atoms with van der Waals surface area (Å²) in [7, 11) is 1.30. The molecule has 0 aliphatic heterocycles. The van der Waals surface area contributed by atoms with Gasteiger partial charge in [-0.15, -0.1) is 12.4 Å². The smallest absolute Gasteiger partial charge is 0.327 e. The summed E-state index contributed by atoms with van der Waals surface area (Å²) in [6, 6.07) is 6.02. The van der Waals surface area contributed by atoms with E-state index < -0.39 is 12.0 Å². The van der Waals surface area contributed by atoms with Crippen molar-refractivity contribution >= 4 is 30.0 Å². The van der Waals surface area contributed by atoms with Crippen molar-refractivity contribution in [3.05, 3.63) is 34.9 Å². The molecule has 0 aliphatic rings. The molecule has 0 bridgehead atoms. The van der Waals surface area contributed by atoms with Crippen LogP contribution in [0.15, 0.2) is 24.3 Å². The monoisotopic (exact) mass is 235 g/mol. The number of nitrogens with two attached hydrogens (primary N) is 1. The van der Waals surface area contributed by atoms with Crippen LogP contribution >= 0.6 is 24.0 Å². The van der Waals surface area contributed by atoms with Gasteiger partial charge in [0.05, 0.1) is 7.11 Å². The Balaban J connectivity index is 0.00000169. The molecule has 0 saturated heterocycles. The number of carbonyl (C=O) groups excluding carboxylic acids is 1. The van der Waals surface area contributed by atoms with Gasteiger partial charge < -0.3 is 10.5 Å². The van der Waals surface area contributed by atoms with E-state index in [0.29, 0.717) is 10.6 Å². The average molecular weight is 236 g/mol. The molecule has 0 heterocycles. The summed E-state index contributed by atoms with van der Waals surface area (Å²) >= 11 is 5.67. The maximum absolute atomic E-state index is 11.0. The first-order valence-electron chi connectivity index (χ1n) is 3.74. The maximum atomic E-state index is 11.0. The van der Waals surface area contributed by atoms with E-state index in [9.17, 15) is 4.79 Å². The Kier molecular flexibility index (Phi) is 5.53. The minimum Gasteiger partial charge on any atom is -0.468 e. The van der Waals surface area contributed by atoms with Gasteiger partial charge in [0, 0.05) is 5.02 Å². The molecule has 0 spiro atoms. The predicted molar refractivity (Wildman–Crippen MR) is 57.6 cm³/mol. The minimum atomic E-state index is -0.734. The summed E-state index contributed by atoms with van der Waals surface area (Å²) in [4.78, 5) is 11.0. The van der Waals surface area contributed by atoms with Crippen LogP contribution in [-0.2, 0) is 9.53 Å². The number of rotatable bonds is 2. The molecule has 14 heavy (non-hydrogen) atoms. The van der Waals surface area contributed by atoms with Crippen LogP contribution in [0.4, 0.5) is 0 Å². The third-order valence-electron chi connectivity index (χ3n) is 1.68. The van der Waals surface area contributed by atoms with Crippen LogP contribution in [0.25, 0.3) is 0 Å². The number of hydrogen-bond acceptors (Lipinski definition) is 3. The van der Waals surface area contributed by atoms with Gasteiger partial charge in [-0.25, -0.2) is 0 Å². The molecule has 1 aromatic carbocycles. The van der Waals surface area contributed by atoms with Gasteiger partial charge in [0.2, 0.25) is 0 Å². The third-order valence-corrected chi connectivity index (χ3v) is 1.94. The van der Waals surface area contributed by atoms with E-state index in [-0.39, 0.29) is 12.4 Å². The maximum Gasteiger partial charge on any atom is 0.327 e. The van der Waals surface area contributed by atoms with E-state index in [1.165, 1.54) is 7.11 Å². The fourth-order valence-electron chi connectivity index (χ4n) is 0.933. The summed E-state index contributed by atoms with van der Waals surface area (Å²) < 4.78 is 4.50. The van der Waals surface area contributed by atoms with Crippen LogP contribution < -0.4 is 5.73 Å². The van der Waals surface area contributed by atoms with Crippen LogP contribution in [0.1, 0.15) is 11.6 Å². The number of esters is 1. The molecule has 1 aromatic rings. The molecule has 0 aliphatic carbocycles. The summed E-state index contributed by atoms with van der Waals surface area (Å²) in [5, 5.41) is 0.612. The molecule has 2 N–H and O–H groups in total. The molecule has 0 radical (unpaired) electrons. The van der Waals surface area contributed by atoms with E-state index in [0.717, 1.165) is 0 Å². The molecule has 78 valence electrons. The Hall–Kier alpha value is -0.770. The van der Waals surface area contributed by atoms with E-state index in [1.807, 2.05) is 0 Å². The van der Waals surface area contributed by atoms with E-state index in [4.69, 9.17) is 17.3 Å². The molecule has 0 saturated carbocycles. The Morgan fingerprint density at radius 1 is 1.43 bits per heavy atom. The highest BCUT2D eigenvalue weighted by Gasteiger charge is 2.15. The lowest BCUT2D eigenvalue weighted by Gasteiger charge is -2.08. The zero-order valence-electron chi connectivity index (χ0n) is 7.57. The molecule has 1 unspecified atom stereocenters. The quantitative estimate of drug-likeness (QED) is 0.798. The topological polar surface area (TPSA) is 52.3 Å². The Morgan fingerprint density at radius 3 is 2.36 bits per heavy atom.